The smallest absolute Gasteiger partial charge is 0.336 e. The molecule has 2 aromatic rings. The van der Waals surface area contributed by atoms with Crippen molar-refractivity contribution in [3.8, 4) is 6.07 Å². The summed E-state index contributed by atoms with van der Waals surface area (Å²) >= 11 is 0. The number of carbonyl (C=O) groups is 1. The van der Waals surface area contributed by atoms with Crippen molar-refractivity contribution in [1.29, 1.82) is 5.26 Å². The topological polar surface area (TPSA) is 52.9 Å². The first-order valence-electron chi connectivity index (χ1n) is 8.42. The lowest BCUT2D eigenvalue weighted by Gasteiger charge is -2.36. The molecule has 1 aliphatic carbocycles. The number of nitrogens with zero attached hydrogens (tertiary/aromatic N) is 1. The molecule has 1 amide bonds. The van der Waals surface area contributed by atoms with E-state index in [0.29, 0.717) is 6.42 Å². The number of carbonyl (C=O) groups excluding carboxylic acids is 1. The van der Waals surface area contributed by atoms with Crippen LogP contribution in [0.2, 0.25) is 0 Å². The van der Waals surface area contributed by atoms with Crippen molar-refractivity contribution >= 4 is 5.91 Å². The number of nitrogens with one attached hydrogen (secondary N) is 1. The second-order valence-electron chi connectivity index (χ2n) is 6.54. The number of halogens is 4. The first-order valence-corrected chi connectivity index (χ1v) is 8.42. The Bertz CT molecular complexity index is 871. The van der Waals surface area contributed by atoms with Crippen molar-refractivity contribution in [2.45, 2.75) is 31.0 Å². The van der Waals surface area contributed by atoms with E-state index in [1.807, 2.05) is 6.07 Å². The molecule has 0 aromatic heterocycles. The number of benzene rings is 2. The third kappa shape index (κ3) is 4.11. The maximum atomic E-state index is 13.1. The van der Waals surface area contributed by atoms with Crippen LogP contribution < -0.4 is 5.32 Å². The van der Waals surface area contributed by atoms with Crippen molar-refractivity contribution in [2.75, 3.05) is 0 Å². The van der Waals surface area contributed by atoms with Crippen molar-refractivity contribution in [2.24, 2.45) is 5.92 Å². The normalized spacial score (nSPS) is 20.3. The van der Waals surface area contributed by atoms with Gasteiger partial charge in [-0.25, -0.2) is 4.39 Å². The van der Waals surface area contributed by atoms with Crippen LogP contribution in [-0.4, -0.2) is 5.91 Å². The standard InChI is InChI=1S/C20H16F4N2O/c21-15-6-4-12(5-7-15)16-8-9-17(16)19(27)26-18(11-25)13-2-1-3-14(10-13)20(22,23)24/h1-7,10,16-18H,8-9H2,(H,26,27). The highest BCUT2D eigenvalue weighted by Gasteiger charge is 2.38. The fourth-order valence-corrected chi connectivity index (χ4v) is 3.26. The van der Waals surface area contributed by atoms with Gasteiger partial charge < -0.3 is 5.32 Å². The van der Waals surface area contributed by atoms with Gasteiger partial charge in [-0.15, -0.1) is 0 Å². The first-order chi connectivity index (χ1) is 12.8. The molecule has 1 fully saturated rings. The van der Waals surface area contributed by atoms with E-state index < -0.39 is 23.7 Å². The maximum Gasteiger partial charge on any atom is 0.416 e. The fraction of sp³-hybridized carbons (Fsp3) is 0.300. The van der Waals surface area contributed by atoms with Crippen molar-refractivity contribution < 1.29 is 22.4 Å². The van der Waals surface area contributed by atoms with Gasteiger partial charge in [0.2, 0.25) is 5.91 Å². The van der Waals surface area contributed by atoms with E-state index in [1.165, 1.54) is 24.3 Å². The van der Waals surface area contributed by atoms with Gasteiger partial charge in [-0.05, 0) is 54.2 Å². The minimum atomic E-state index is -4.53. The number of alkyl halides is 3. The summed E-state index contributed by atoms with van der Waals surface area (Å²) in [5, 5.41) is 11.9. The van der Waals surface area contributed by atoms with Gasteiger partial charge in [0.1, 0.15) is 11.9 Å². The van der Waals surface area contributed by atoms with E-state index in [0.717, 1.165) is 24.1 Å². The summed E-state index contributed by atoms with van der Waals surface area (Å²) in [4.78, 5) is 12.5. The van der Waals surface area contributed by atoms with Gasteiger partial charge in [-0.1, -0.05) is 24.3 Å². The van der Waals surface area contributed by atoms with Crippen LogP contribution in [0.1, 0.15) is 41.5 Å². The summed E-state index contributed by atoms with van der Waals surface area (Å²) < 4.78 is 51.6. The van der Waals surface area contributed by atoms with Gasteiger partial charge in [0.15, 0.2) is 0 Å². The quantitative estimate of drug-likeness (QED) is 0.785. The van der Waals surface area contributed by atoms with Gasteiger partial charge in [-0.3, -0.25) is 4.79 Å². The van der Waals surface area contributed by atoms with Crippen molar-refractivity contribution in [3.63, 3.8) is 0 Å². The van der Waals surface area contributed by atoms with E-state index in [9.17, 15) is 27.6 Å². The summed E-state index contributed by atoms with van der Waals surface area (Å²) in [6, 6.07) is 10.9. The minimum absolute atomic E-state index is 0.0818. The average molecular weight is 376 g/mol. The summed E-state index contributed by atoms with van der Waals surface area (Å²) in [5.74, 6) is -1.24. The lowest BCUT2D eigenvalue weighted by molar-refractivity contribution is -0.137. The first kappa shape index (κ1) is 18.9. The van der Waals surface area contributed by atoms with Crippen LogP contribution in [0.5, 0.6) is 0 Å². The van der Waals surface area contributed by atoms with E-state index in [1.54, 1.807) is 12.1 Å². The Kier molecular flexibility index (Phi) is 5.17. The van der Waals surface area contributed by atoms with E-state index in [2.05, 4.69) is 5.32 Å². The molecule has 0 aliphatic heterocycles. The summed E-state index contributed by atoms with van der Waals surface area (Å²) in [6.07, 6.45) is -3.17. The largest absolute Gasteiger partial charge is 0.416 e. The molecule has 0 heterocycles. The van der Waals surface area contributed by atoms with Crippen LogP contribution in [0.3, 0.4) is 0 Å². The third-order valence-corrected chi connectivity index (χ3v) is 4.87. The highest BCUT2D eigenvalue weighted by molar-refractivity contribution is 5.81. The predicted molar refractivity (Wildman–Crippen MR) is 89.8 cm³/mol. The van der Waals surface area contributed by atoms with E-state index in [-0.39, 0.29) is 23.2 Å². The van der Waals surface area contributed by atoms with Gasteiger partial charge in [-0.2, -0.15) is 18.4 Å². The molecule has 1 aliphatic rings. The Morgan fingerprint density at radius 2 is 1.85 bits per heavy atom. The molecule has 0 bridgehead atoms. The molecule has 3 nitrogen and oxygen atoms in total. The Balaban J connectivity index is 1.72. The van der Waals surface area contributed by atoms with Crippen LogP contribution in [0, 0.1) is 23.1 Å². The van der Waals surface area contributed by atoms with E-state index in [4.69, 9.17) is 0 Å². The molecule has 1 N–H and O–H groups in total. The van der Waals surface area contributed by atoms with Crippen LogP contribution >= 0.6 is 0 Å². The Morgan fingerprint density at radius 1 is 1.15 bits per heavy atom. The molecular formula is C20H16F4N2O. The zero-order chi connectivity index (χ0) is 19.6. The second kappa shape index (κ2) is 7.39. The Hall–Kier alpha value is -2.88. The van der Waals surface area contributed by atoms with Crippen LogP contribution in [-0.2, 0) is 11.0 Å². The van der Waals surface area contributed by atoms with Crippen molar-refractivity contribution in [3.05, 3.63) is 71.0 Å². The highest BCUT2D eigenvalue weighted by atomic mass is 19.4. The summed E-state index contributed by atoms with van der Waals surface area (Å²) in [7, 11) is 0. The lowest BCUT2D eigenvalue weighted by atomic mass is 9.69. The minimum Gasteiger partial charge on any atom is -0.336 e. The Labute approximate surface area is 153 Å². The lowest BCUT2D eigenvalue weighted by Crippen LogP contribution is -2.41. The highest BCUT2D eigenvalue weighted by Crippen LogP contribution is 2.43. The molecule has 1 saturated carbocycles. The third-order valence-electron chi connectivity index (χ3n) is 4.87. The number of hydrogen-bond donors (Lipinski definition) is 1. The van der Waals surface area contributed by atoms with Crippen LogP contribution in [0.15, 0.2) is 48.5 Å². The molecule has 0 radical (unpaired) electrons. The molecule has 140 valence electrons. The molecule has 0 spiro atoms. The van der Waals surface area contributed by atoms with Gasteiger partial charge in [0.05, 0.1) is 11.6 Å². The van der Waals surface area contributed by atoms with Gasteiger partial charge in [0.25, 0.3) is 0 Å². The molecule has 3 rings (SSSR count). The molecule has 7 heteroatoms. The SMILES string of the molecule is N#CC(NC(=O)C1CCC1c1ccc(F)cc1)c1cccc(C(F)(F)F)c1. The van der Waals surface area contributed by atoms with Crippen LogP contribution in [0.25, 0.3) is 0 Å². The predicted octanol–water partition coefficient (Wildman–Crippen LogP) is 4.72. The summed E-state index contributed by atoms with van der Waals surface area (Å²) in [6.45, 7) is 0. The molecule has 3 unspecified atom stereocenters. The number of hydrogen-bond acceptors (Lipinski definition) is 2. The molecule has 27 heavy (non-hydrogen) atoms. The van der Waals surface area contributed by atoms with Gasteiger partial charge >= 0.3 is 6.18 Å². The second-order valence-corrected chi connectivity index (χ2v) is 6.54. The van der Waals surface area contributed by atoms with Crippen molar-refractivity contribution in [1.82, 2.24) is 5.32 Å². The maximum absolute atomic E-state index is 13.1. The number of rotatable bonds is 4. The molecule has 3 atom stereocenters. The molecule has 2 aromatic carbocycles. The number of amides is 1. The summed E-state index contributed by atoms with van der Waals surface area (Å²) in [5.41, 5.74) is 0.0380. The molecule has 0 saturated heterocycles. The average Bonchev–Trinajstić information content (AvgIpc) is 2.60. The van der Waals surface area contributed by atoms with Crippen LogP contribution in [0.4, 0.5) is 17.6 Å². The fourth-order valence-electron chi connectivity index (χ4n) is 3.26. The van der Waals surface area contributed by atoms with E-state index >= 15 is 0 Å². The Morgan fingerprint density at radius 3 is 2.41 bits per heavy atom. The van der Waals surface area contributed by atoms with Gasteiger partial charge in [0, 0.05) is 5.92 Å². The zero-order valence-electron chi connectivity index (χ0n) is 14.1. The zero-order valence-corrected chi connectivity index (χ0v) is 14.1. The number of nitriles is 1. The monoisotopic (exact) mass is 376 g/mol. The molecular weight excluding hydrogens is 360 g/mol.